The lowest BCUT2D eigenvalue weighted by Gasteiger charge is -2.36. The maximum Gasteiger partial charge on any atom is 0.340 e. The molecule has 0 spiro atoms. The van der Waals surface area contributed by atoms with Crippen molar-refractivity contribution in [2.45, 2.75) is 52.4 Å². The van der Waals surface area contributed by atoms with Crippen molar-refractivity contribution < 1.29 is 31.5 Å². The summed E-state index contributed by atoms with van der Waals surface area (Å²) in [4.78, 5) is 18.9. The van der Waals surface area contributed by atoms with Crippen molar-refractivity contribution in [1.82, 2.24) is 9.97 Å². The minimum Gasteiger partial charge on any atom is -0.465 e. The predicted molar refractivity (Wildman–Crippen MR) is 145 cm³/mol. The lowest BCUT2D eigenvalue weighted by atomic mass is 9.99. The fraction of sp³-hybridized carbons (Fsp3) is 0.310. The van der Waals surface area contributed by atoms with E-state index in [1.165, 1.54) is 25.3 Å². The van der Waals surface area contributed by atoms with Crippen molar-refractivity contribution in [3.8, 4) is 22.5 Å². The van der Waals surface area contributed by atoms with E-state index in [1.54, 1.807) is 25.1 Å². The van der Waals surface area contributed by atoms with Gasteiger partial charge in [-0.25, -0.2) is 27.3 Å². The van der Waals surface area contributed by atoms with Crippen LogP contribution in [0.3, 0.4) is 0 Å². The van der Waals surface area contributed by atoms with Gasteiger partial charge < -0.3 is 14.1 Å². The van der Waals surface area contributed by atoms with E-state index in [0.29, 0.717) is 12.2 Å². The fourth-order valence-corrected chi connectivity index (χ4v) is 4.95. The maximum atomic E-state index is 15.3. The second kappa shape index (κ2) is 10.2. The molecule has 0 saturated carbocycles. The van der Waals surface area contributed by atoms with E-state index in [-0.39, 0.29) is 27.2 Å². The third-order valence-electron chi connectivity index (χ3n) is 7.28. The van der Waals surface area contributed by atoms with Gasteiger partial charge in [0.05, 0.1) is 35.9 Å². The summed E-state index contributed by atoms with van der Waals surface area (Å²) in [7, 11) is -0.837. The number of aromatic amines is 1. The smallest absolute Gasteiger partial charge is 0.340 e. The summed E-state index contributed by atoms with van der Waals surface area (Å²) in [5.41, 5.74) is -0.0904. The van der Waals surface area contributed by atoms with Gasteiger partial charge in [-0.1, -0.05) is 45.0 Å². The number of hydrogen-bond acceptors (Lipinski definition) is 4. The molecular formula is C29H30F4N2O3Si. The number of imidazole rings is 1. The largest absolute Gasteiger partial charge is 0.465 e. The van der Waals surface area contributed by atoms with Crippen LogP contribution in [-0.2, 0) is 15.8 Å². The molecule has 0 radical (unpaired) electrons. The molecule has 0 aliphatic heterocycles. The molecule has 0 fully saturated rings. The van der Waals surface area contributed by atoms with Crippen LogP contribution < -0.4 is 0 Å². The van der Waals surface area contributed by atoms with E-state index < -0.39 is 54.5 Å². The first-order valence-corrected chi connectivity index (χ1v) is 15.3. The number of rotatable bonds is 6. The van der Waals surface area contributed by atoms with E-state index in [4.69, 9.17) is 9.16 Å². The number of methoxy groups -OCH3 is 1. The van der Waals surface area contributed by atoms with Crippen LogP contribution in [0, 0.1) is 30.2 Å². The SMILES string of the molecule is COC(=O)c1cc(C)cc2[nH]c(-c3c(F)c(F)c(-c4ccc(CO[Si](C)(C)C(C)(C)C)cc4)c(F)c3F)nc12. The Morgan fingerprint density at radius 3 is 2.05 bits per heavy atom. The molecule has 0 bridgehead atoms. The Morgan fingerprint density at radius 2 is 1.51 bits per heavy atom. The number of esters is 1. The van der Waals surface area contributed by atoms with Crippen LogP contribution >= 0.6 is 0 Å². The first kappa shape index (κ1) is 28.5. The van der Waals surface area contributed by atoms with E-state index >= 15 is 17.6 Å². The molecule has 0 amide bonds. The Morgan fingerprint density at radius 1 is 0.949 bits per heavy atom. The second-order valence-corrected chi connectivity index (χ2v) is 15.8. The highest BCUT2D eigenvalue weighted by molar-refractivity contribution is 6.74. The fourth-order valence-electron chi connectivity index (χ4n) is 3.99. The van der Waals surface area contributed by atoms with Gasteiger partial charge in [0.1, 0.15) is 11.3 Å². The van der Waals surface area contributed by atoms with E-state index in [2.05, 4.69) is 43.8 Å². The summed E-state index contributed by atoms with van der Waals surface area (Å²) < 4.78 is 72.1. The summed E-state index contributed by atoms with van der Waals surface area (Å²) in [5.74, 6) is -7.50. The quantitative estimate of drug-likeness (QED) is 0.113. The Kier molecular flexibility index (Phi) is 7.48. The Labute approximate surface area is 225 Å². The van der Waals surface area contributed by atoms with Crippen LogP contribution in [0.15, 0.2) is 36.4 Å². The third kappa shape index (κ3) is 5.23. The van der Waals surface area contributed by atoms with Gasteiger partial charge in [0, 0.05) is 0 Å². The number of aryl methyl sites for hydroxylation is 1. The predicted octanol–water partition coefficient (Wildman–Crippen LogP) is 8.07. The molecule has 0 unspecified atom stereocenters. The number of ether oxygens (including phenoxy) is 1. The van der Waals surface area contributed by atoms with Gasteiger partial charge >= 0.3 is 5.97 Å². The van der Waals surface area contributed by atoms with Crippen LogP contribution in [0.2, 0.25) is 18.1 Å². The number of halogens is 4. The molecule has 1 aromatic heterocycles. The minimum atomic E-state index is -2.02. The zero-order valence-electron chi connectivity index (χ0n) is 22.9. The molecule has 39 heavy (non-hydrogen) atoms. The molecule has 0 atom stereocenters. The lowest BCUT2D eigenvalue weighted by Crippen LogP contribution is -2.40. The number of carbonyl (C=O) groups excluding carboxylic acids is 1. The summed E-state index contributed by atoms with van der Waals surface area (Å²) >= 11 is 0. The van der Waals surface area contributed by atoms with Crippen LogP contribution in [0.4, 0.5) is 17.6 Å². The number of hydrogen-bond donors (Lipinski definition) is 1. The molecule has 5 nitrogen and oxygen atoms in total. The molecule has 206 valence electrons. The average molecular weight is 559 g/mol. The molecule has 10 heteroatoms. The summed E-state index contributed by atoms with van der Waals surface area (Å²) in [6.45, 7) is 12.6. The number of benzene rings is 3. The highest BCUT2D eigenvalue weighted by Crippen LogP contribution is 2.39. The normalized spacial score (nSPS) is 12.3. The molecule has 4 aromatic rings. The number of nitrogens with zero attached hydrogens (tertiary/aromatic N) is 1. The first-order chi connectivity index (χ1) is 18.2. The van der Waals surface area contributed by atoms with Gasteiger partial charge in [0.25, 0.3) is 0 Å². The van der Waals surface area contributed by atoms with Crippen molar-refractivity contribution >= 4 is 25.3 Å². The zero-order valence-corrected chi connectivity index (χ0v) is 23.9. The summed E-state index contributed by atoms with van der Waals surface area (Å²) in [5, 5.41) is 0.00947. The van der Waals surface area contributed by atoms with E-state index in [0.717, 1.165) is 5.56 Å². The summed E-state index contributed by atoms with van der Waals surface area (Å²) in [6.07, 6.45) is 0. The second-order valence-electron chi connectivity index (χ2n) is 11.0. The molecule has 0 saturated heterocycles. The number of aromatic nitrogens is 2. The van der Waals surface area contributed by atoms with Gasteiger partial charge in [-0.3, -0.25) is 0 Å². The van der Waals surface area contributed by atoms with E-state index in [1.807, 2.05) is 0 Å². The number of fused-ring (bicyclic) bond motifs is 1. The van der Waals surface area contributed by atoms with Crippen molar-refractivity contribution in [2.75, 3.05) is 7.11 Å². The van der Waals surface area contributed by atoms with Crippen LogP contribution in [0.25, 0.3) is 33.5 Å². The zero-order chi connectivity index (χ0) is 28.9. The third-order valence-corrected chi connectivity index (χ3v) is 11.8. The van der Waals surface area contributed by atoms with Crippen LogP contribution in [-0.4, -0.2) is 31.4 Å². The van der Waals surface area contributed by atoms with Gasteiger partial charge in [0.15, 0.2) is 31.6 Å². The van der Waals surface area contributed by atoms with Gasteiger partial charge in [-0.15, -0.1) is 0 Å². The van der Waals surface area contributed by atoms with Gasteiger partial charge in [-0.05, 0) is 53.9 Å². The Balaban J connectivity index is 1.73. The number of carbonyl (C=O) groups is 1. The van der Waals surface area contributed by atoms with Gasteiger partial charge in [0.2, 0.25) is 0 Å². The average Bonchev–Trinajstić information content (AvgIpc) is 3.29. The number of nitrogens with one attached hydrogen (secondary N) is 1. The molecule has 1 N–H and O–H groups in total. The monoisotopic (exact) mass is 558 g/mol. The topological polar surface area (TPSA) is 64.2 Å². The molecule has 3 aromatic carbocycles. The van der Waals surface area contributed by atoms with Gasteiger partial charge in [-0.2, -0.15) is 0 Å². The standard InChI is InChI=1S/C29H30F4N2O3Si/c1-15-12-18(28(36)37-5)26-19(13-15)34-27(35-26)21-24(32)22(30)20(23(31)25(21)33)17-10-8-16(9-11-17)14-38-39(6,7)29(2,3)4/h8-13H,14H2,1-7H3,(H,34,35). The first-order valence-electron chi connectivity index (χ1n) is 12.3. The lowest BCUT2D eigenvalue weighted by molar-refractivity contribution is 0.0602. The van der Waals surface area contributed by atoms with Crippen molar-refractivity contribution in [1.29, 1.82) is 0 Å². The molecular weight excluding hydrogens is 528 g/mol. The molecule has 4 rings (SSSR count). The molecule has 0 aliphatic rings. The van der Waals surface area contributed by atoms with E-state index in [9.17, 15) is 4.79 Å². The van der Waals surface area contributed by atoms with Crippen molar-refractivity contribution in [2.24, 2.45) is 0 Å². The number of H-pyrrole nitrogens is 1. The van der Waals surface area contributed by atoms with Crippen LogP contribution in [0.5, 0.6) is 0 Å². The molecule has 1 heterocycles. The minimum absolute atomic E-state index is 0.00947. The highest BCUT2D eigenvalue weighted by atomic mass is 28.4. The highest BCUT2D eigenvalue weighted by Gasteiger charge is 2.37. The maximum absolute atomic E-state index is 15.3. The van der Waals surface area contributed by atoms with Crippen molar-refractivity contribution in [3.63, 3.8) is 0 Å². The Bertz CT molecular complexity index is 1550. The summed E-state index contributed by atoms with van der Waals surface area (Å²) in [6, 6.07) is 9.11. The van der Waals surface area contributed by atoms with Crippen LogP contribution in [0.1, 0.15) is 42.3 Å². The molecule has 0 aliphatic carbocycles. The Hall–Kier alpha value is -3.50. The van der Waals surface area contributed by atoms with Crippen molar-refractivity contribution in [3.05, 3.63) is 76.4 Å².